The first-order chi connectivity index (χ1) is 12.1. The van der Waals surface area contributed by atoms with E-state index in [0.717, 1.165) is 36.5 Å². The predicted octanol–water partition coefficient (Wildman–Crippen LogP) is 6.22. The van der Waals surface area contributed by atoms with E-state index in [1.165, 1.54) is 0 Å². The van der Waals surface area contributed by atoms with Gasteiger partial charge in [-0.05, 0) is 37.3 Å². The number of allylic oxidation sites excluding steroid dienone is 1. The number of hydrogen-bond acceptors (Lipinski definition) is 3. The molecule has 0 unspecified atom stereocenters. The van der Waals surface area contributed by atoms with Crippen molar-refractivity contribution in [2.75, 3.05) is 6.54 Å². The third-order valence-electron chi connectivity index (χ3n) is 3.55. The van der Waals surface area contributed by atoms with Crippen LogP contribution in [0.1, 0.15) is 12.5 Å². The lowest BCUT2D eigenvalue weighted by molar-refractivity contribution is 0.393. The van der Waals surface area contributed by atoms with Gasteiger partial charge in [0.1, 0.15) is 0 Å². The van der Waals surface area contributed by atoms with Crippen LogP contribution in [0.2, 0.25) is 5.02 Å². The summed E-state index contributed by atoms with van der Waals surface area (Å²) in [5.74, 6) is 0. The zero-order valence-electron chi connectivity index (χ0n) is 13.7. The summed E-state index contributed by atoms with van der Waals surface area (Å²) in [7, 11) is 0. The second kappa shape index (κ2) is 8.13. The van der Waals surface area contributed by atoms with Crippen LogP contribution in [-0.4, -0.2) is 16.7 Å². The Morgan fingerprint density at radius 2 is 2.04 bits per heavy atom. The zero-order valence-corrected chi connectivity index (χ0v) is 16.8. The highest BCUT2D eigenvalue weighted by Gasteiger charge is 2.22. The molecular weight excluding hydrogens is 418 g/mol. The normalized spacial score (nSPS) is 16.1. The molecule has 3 rings (SSSR count). The highest BCUT2D eigenvalue weighted by Crippen LogP contribution is 2.34. The Bertz CT molecular complexity index is 846. The Hall–Kier alpha value is -1.69. The Morgan fingerprint density at radius 1 is 1.28 bits per heavy atom. The zero-order chi connectivity index (χ0) is 17.8. The van der Waals surface area contributed by atoms with Crippen molar-refractivity contribution in [1.82, 2.24) is 10.4 Å². The molecule has 0 aromatic heterocycles. The molecule has 0 fully saturated rings. The first-order valence-corrected chi connectivity index (χ1v) is 9.69. The summed E-state index contributed by atoms with van der Waals surface area (Å²) in [6.45, 7) is 6.62. The fraction of sp³-hybridized carbons (Fsp3) is 0.105. The van der Waals surface area contributed by atoms with E-state index in [1.54, 1.807) is 11.8 Å². The Balaban J connectivity index is 1.96. The summed E-state index contributed by atoms with van der Waals surface area (Å²) < 4.78 is 1.01. The standard InChI is InChI=1S/C19H17BrClN3S/c1-3-11-24-18(14-7-9-16(21)10-8-14)13(2)25-19(23-24)22-17-6-4-5-15(20)12-17/h3-10,12H,1,11H2,2H3,(H,22,23). The van der Waals surface area contributed by atoms with Crippen molar-refractivity contribution in [2.24, 2.45) is 4.99 Å². The monoisotopic (exact) mass is 433 g/mol. The lowest BCUT2D eigenvalue weighted by Crippen LogP contribution is -2.42. The van der Waals surface area contributed by atoms with Gasteiger partial charge in [-0.15, -0.1) is 6.58 Å². The molecule has 0 saturated carbocycles. The van der Waals surface area contributed by atoms with Gasteiger partial charge in [-0.1, -0.05) is 63.6 Å². The Labute approximate surface area is 165 Å². The van der Waals surface area contributed by atoms with Gasteiger partial charge in [0.05, 0.1) is 17.9 Å². The van der Waals surface area contributed by atoms with Crippen LogP contribution in [0.25, 0.3) is 5.70 Å². The van der Waals surface area contributed by atoms with Gasteiger partial charge >= 0.3 is 0 Å². The summed E-state index contributed by atoms with van der Waals surface area (Å²) in [5.41, 5.74) is 6.49. The molecule has 1 heterocycles. The number of nitrogens with zero attached hydrogens (tertiary/aromatic N) is 2. The second-order valence-electron chi connectivity index (χ2n) is 5.42. The summed E-state index contributed by atoms with van der Waals surface area (Å²) in [4.78, 5) is 5.87. The Morgan fingerprint density at radius 3 is 2.72 bits per heavy atom. The van der Waals surface area contributed by atoms with Gasteiger partial charge in [0.25, 0.3) is 0 Å². The third-order valence-corrected chi connectivity index (χ3v) is 5.17. The minimum atomic E-state index is 0.660. The number of halogens is 2. The van der Waals surface area contributed by atoms with Gasteiger partial charge < -0.3 is 0 Å². The van der Waals surface area contributed by atoms with Crippen LogP contribution < -0.4 is 5.43 Å². The molecule has 6 heteroatoms. The van der Waals surface area contributed by atoms with Crippen molar-refractivity contribution in [2.45, 2.75) is 6.92 Å². The molecule has 2 aromatic carbocycles. The van der Waals surface area contributed by atoms with Crippen LogP contribution in [0.3, 0.4) is 0 Å². The van der Waals surface area contributed by atoms with Gasteiger partial charge in [-0.2, -0.15) is 0 Å². The van der Waals surface area contributed by atoms with Crippen LogP contribution in [0.15, 0.2) is 75.6 Å². The average molecular weight is 435 g/mol. The molecule has 0 radical (unpaired) electrons. The molecule has 25 heavy (non-hydrogen) atoms. The lowest BCUT2D eigenvalue weighted by Gasteiger charge is -2.33. The minimum absolute atomic E-state index is 0.660. The summed E-state index contributed by atoms with van der Waals surface area (Å²) in [6, 6.07) is 15.8. The van der Waals surface area contributed by atoms with Crippen molar-refractivity contribution >= 4 is 55.8 Å². The molecule has 0 aliphatic carbocycles. The number of hydrazine groups is 1. The summed E-state index contributed by atoms with van der Waals surface area (Å²) >= 11 is 11.1. The van der Waals surface area contributed by atoms with Gasteiger partial charge in [0.15, 0.2) is 5.17 Å². The maximum Gasteiger partial charge on any atom is 0.185 e. The smallest absolute Gasteiger partial charge is 0.185 e. The summed E-state index contributed by atoms with van der Waals surface area (Å²) in [5, 5.41) is 3.61. The van der Waals surface area contributed by atoms with E-state index < -0.39 is 0 Å². The van der Waals surface area contributed by atoms with E-state index in [2.05, 4.69) is 39.9 Å². The fourth-order valence-corrected chi connectivity index (χ4v) is 3.96. The van der Waals surface area contributed by atoms with Crippen molar-refractivity contribution in [1.29, 1.82) is 0 Å². The molecule has 1 aliphatic heterocycles. The molecule has 2 aromatic rings. The third kappa shape index (κ3) is 4.48. The fourth-order valence-electron chi connectivity index (χ4n) is 2.52. The first kappa shape index (κ1) is 18.1. The number of aliphatic imine (C=N–C) groups is 1. The van der Waals surface area contributed by atoms with Crippen LogP contribution in [-0.2, 0) is 0 Å². The SMILES string of the molecule is C=CCN1NC(=Nc2cccc(Br)c2)SC(C)=C1c1ccc(Cl)cc1. The van der Waals surface area contributed by atoms with E-state index in [9.17, 15) is 0 Å². The molecule has 0 amide bonds. The van der Waals surface area contributed by atoms with Gasteiger partial charge in [-0.3, -0.25) is 10.4 Å². The molecular formula is C19H17BrClN3S. The number of rotatable bonds is 4. The number of benzene rings is 2. The Kier molecular flexibility index (Phi) is 5.89. The highest BCUT2D eigenvalue weighted by molar-refractivity contribution is 9.10. The molecule has 3 nitrogen and oxygen atoms in total. The number of nitrogens with one attached hydrogen (secondary N) is 1. The van der Waals surface area contributed by atoms with Crippen molar-refractivity contribution in [3.05, 3.63) is 81.1 Å². The van der Waals surface area contributed by atoms with E-state index >= 15 is 0 Å². The molecule has 1 aliphatic rings. The van der Waals surface area contributed by atoms with E-state index in [1.807, 2.05) is 54.6 Å². The predicted molar refractivity (Wildman–Crippen MR) is 113 cm³/mol. The number of hydrogen-bond donors (Lipinski definition) is 1. The largest absolute Gasteiger partial charge is 0.281 e. The number of thioether (sulfide) groups is 1. The van der Waals surface area contributed by atoms with Crippen LogP contribution >= 0.6 is 39.3 Å². The van der Waals surface area contributed by atoms with E-state index in [0.29, 0.717) is 6.54 Å². The number of amidine groups is 1. The topological polar surface area (TPSA) is 27.6 Å². The van der Waals surface area contributed by atoms with Crippen molar-refractivity contribution < 1.29 is 0 Å². The van der Waals surface area contributed by atoms with E-state index in [-0.39, 0.29) is 0 Å². The maximum atomic E-state index is 6.02. The summed E-state index contributed by atoms with van der Waals surface area (Å²) in [6.07, 6.45) is 1.86. The van der Waals surface area contributed by atoms with Gasteiger partial charge in [0, 0.05) is 20.0 Å². The highest BCUT2D eigenvalue weighted by atomic mass is 79.9. The lowest BCUT2D eigenvalue weighted by atomic mass is 10.1. The van der Waals surface area contributed by atoms with Crippen molar-refractivity contribution in [3.8, 4) is 0 Å². The van der Waals surface area contributed by atoms with Crippen LogP contribution in [0, 0.1) is 0 Å². The van der Waals surface area contributed by atoms with Crippen molar-refractivity contribution in [3.63, 3.8) is 0 Å². The molecule has 0 saturated heterocycles. The second-order valence-corrected chi connectivity index (χ2v) is 7.98. The van der Waals surface area contributed by atoms with E-state index in [4.69, 9.17) is 16.6 Å². The molecule has 0 bridgehead atoms. The molecule has 1 N–H and O–H groups in total. The van der Waals surface area contributed by atoms with Crippen LogP contribution in [0.5, 0.6) is 0 Å². The van der Waals surface area contributed by atoms with Gasteiger partial charge in [-0.25, -0.2) is 4.99 Å². The minimum Gasteiger partial charge on any atom is -0.281 e. The average Bonchev–Trinajstić information content (AvgIpc) is 2.56. The molecule has 0 spiro atoms. The first-order valence-electron chi connectivity index (χ1n) is 7.71. The van der Waals surface area contributed by atoms with Gasteiger partial charge in [0.2, 0.25) is 0 Å². The quantitative estimate of drug-likeness (QED) is 0.579. The molecule has 0 atom stereocenters. The maximum absolute atomic E-state index is 6.02. The van der Waals surface area contributed by atoms with Crippen LogP contribution in [0.4, 0.5) is 5.69 Å². The molecule has 128 valence electrons.